The van der Waals surface area contributed by atoms with E-state index in [0.717, 1.165) is 5.56 Å². The number of phenolic OH excluding ortho intramolecular Hbond substituents is 1. The summed E-state index contributed by atoms with van der Waals surface area (Å²) in [5.74, 6) is 0.628. The summed E-state index contributed by atoms with van der Waals surface area (Å²) in [5.41, 5.74) is 6.82. The molecule has 0 spiro atoms. The van der Waals surface area contributed by atoms with Gasteiger partial charge in [-0.3, -0.25) is 9.89 Å². The summed E-state index contributed by atoms with van der Waals surface area (Å²) in [5, 5.41) is 15.6. The monoisotopic (exact) mass is 275 g/mol. The van der Waals surface area contributed by atoms with Crippen molar-refractivity contribution in [1.29, 1.82) is 0 Å². The molecule has 0 radical (unpaired) electrons. The number of benzene rings is 1. The molecular weight excluding hydrogens is 258 g/mol. The summed E-state index contributed by atoms with van der Waals surface area (Å²) in [6, 6.07) is 6.01. The summed E-state index contributed by atoms with van der Waals surface area (Å²) >= 11 is 0. The van der Waals surface area contributed by atoms with E-state index in [0.29, 0.717) is 18.8 Å². The second kappa shape index (κ2) is 6.16. The molecule has 2 rings (SSSR count). The van der Waals surface area contributed by atoms with Crippen molar-refractivity contribution >= 4 is 5.91 Å². The highest BCUT2D eigenvalue weighted by molar-refractivity contribution is 5.81. The fourth-order valence-electron chi connectivity index (χ4n) is 1.87. The van der Waals surface area contributed by atoms with Crippen LogP contribution in [0.1, 0.15) is 11.4 Å². The van der Waals surface area contributed by atoms with Crippen molar-refractivity contribution in [2.75, 3.05) is 7.05 Å². The van der Waals surface area contributed by atoms with E-state index < -0.39 is 6.04 Å². The second-order valence-corrected chi connectivity index (χ2v) is 4.60. The molecule has 1 atom stereocenters. The van der Waals surface area contributed by atoms with Gasteiger partial charge in [-0.15, -0.1) is 0 Å². The van der Waals surface area contributed by atoms with Gasteiger partial charge < -0.3 is 15.7 Å². The van der Waals surface area contributed by atoms with Gasteiger partial charge in [0.15, 0.2) is 0 Å². The Labute approximate surface area is 116 Å². The fraction of sp³-hybridized carbons (Fsp3) is 0.308. The van der Waals surface area contributed by atoms with Crippen molar-refractivity contribution in [3.05, 3.63) is 42.0 Å². The maximum absolute atomic E-state index is 12.1. The van der Waals surface area contributed by atoms with Gasteiger partial charge in [0.2, 0.25) is 5.91 Å². The van der Waals surface area contributed by atoms with Crippen LogP contribution in [0.25, 0.3) is 0 Å². The maximum Gasteiger partial charge on any atom is 0.239 e. The molecule has 0 fully saturated rings. The lowest BCUT2D eigenvalue weighted by atomic mass is 10.1. The zero-order valence-electron chi connectivity index (χ0n) is 11.2. The number of rotatable bonds is 5. The zero-order chi connectivity index (χ0) is 14.5. The number of aromatic amines is 1. The minimum Gasteiger partial charge on any atom is -0.508 e. The number of carbonyl (C=O) groups is 1. The van der Waals surface area contributed by atoms with Gasteiger partial charge in [-0.2, -0.15) is 5.10 Å². The molecule has 0 saturated heterocycles. The first kappa shape index (κ1) is 14.0. The Morgan fingerprint density at radius 1 is 1.45 bits per heavy atom. The largest absolute Gasteiger partial charge is 0.508 e. The Balaban J connectivity index is 1.92. The van der Waals surface area contributed by atoms with Crippen molar-refractivity contribution in [1.82, 2.24) is 20.1 Å². The molecule has 1 aromatic heterocycles. The van der Waals surface area contributed by atoms with Crippen LogP contribution in [0, 0.1) is 0 Å². The van der Waals surface area contributed by atoms with E-state index in [2.05, 4.69) is 15.2 Å². The van der Waals surface area contributed by atoms with Crippen molar-refractivity contribution in [2.45, 2.75) is 19.0 Å². The Hall–Kier alpha value is -2.41. The topological polar surface area (TPSA) is 108 Å². The molecule has 7 heteroatoms. The minimum absolute atomic E-state index is 0.172. The smallest absolute Gasteiger partial charge is 0.239 e. The van der Waals surface area contributed by atoms with Crippen molar-refractivity contribution in [2.24, 2.45) is 5.73 Å². The van der Waals surface area contributed by atoms with Crippen LogP contribution in [-0.2, 0) is 17.8 Å². The summed E-state index contributed by atoms with van der Waals surface area (Å²) in [4.78, 5) is 17.6. The molecule has 0 bridgehead atoms. The third-order valence-electron chi connectivity index (χ3n) is 2.94. The highest BCUT2D eigenvalue weighted by Gasteiger charge is 2.19. The quantitative estimate of drug-likeness (QED) is 0.714. The number of likely N-dealkylation sites (N-methyl/N-ethyl adjacent to an activating group) is 1. The van der Waals surface area contributed by atoms with E-state index in [-0.39, 0.29) is 11.7 Å². The van der Waals surface area contributed by atoms with Crippen LogP contribution in [0.15, 0.2) is 30.6 Å². The summed E-state index contributed by atoms with van der Waals surface area (Å²) in [6.45, 7) is 0.335. The SMILES string of the molecule is CN(Cc1ncn[nH]1)C(=O)[C@H](N)Cc1ccc(O)cc1. The number of amides is 1. The van der Waals surface area contributed by atoms with Gasteiger partial charge >= 0.3 is 0 Å². The number of hydrogen-bond acceptors (Lipinski definition) is 5. The molecule has 0 aliphatic heterocycles. The normalized spacial score (nSPS) is 12.1. The Morgan fingerprint density at radius 2 is 2.15 bits per heavy atom. The lowest BCUT2D eigenvalue weighted by Crippen LogP contribution is -2.42. The third-order valence-corrected chi connectivity index (χ3v) is 2.94. The van der Waals surface area contributed by atoms with Crippen LogP contribution in [0.4, 0.5) is 0 Å². The molecule has 0 unspecified atom stereocenters. The average molecular weight is 275 g/mol. The van der Waals surface area contributed by atoms with Crippen LogP contribution in [0.5, 0.6) is 5.75 Å². The number of phenols is 1. The predicted molar refractivity (Wildman–Crippen MR) is 72.6 cm³/mol. The summed E-state index contributed by atoms with van der Waals surface area (Å²) in [7, 11) is 1.67. The first-order valence-electron chi connectivity index (χ1n) is 6.19. The lowest BCUT2D eigenvalue weighted by Gasteiger charge is -2.20. The zero-order valence-corrected chi connectivity index (χ0v) is 11.2. The standard InChI is InChI=1S/C13H17N5O2/c1-18(7-12-15-8-16-17-12)13(20)11(14)6-9-2-4-10(19)5-3-9/h2-5,8,11,19H,6-7,14H2,1H3,(H,15,16,17)/t11-/m1/s1. The molecule has 1 amide bonds. The Kier molecular flexibility index (Phi) is 4.31. The maximum atomic E-state index is 12.1. The highest BCUT2D eigenvalue weighted by atomic mass is 16.3. The molecule has 2 aromatic rings. The molecule has 0 saturated carbocycles. The number of carbonyl (C=O) groups excluding carboxylic acids is 1. The average Bonchev–Trinajstić information content (AvgIpc) is 2.93. The molecule has 106 valence electrons. The number of hydrogen-bond donors (Lipinski definition) is 3. The van der Waals surface area contributed by atoms with Gasteiger partial charge in [0.05, 0.1) is 12.6 Å². The van der Waals surface area contributed by atoms with Crippen LogP contribution in [0.2, 0.25) is 0 Å². The van der Waals surface area contributed by atoms with Gasteiger partial charge in [0.25, 0.3) is 0 Å². The van der Waals surface area contributed by atoms with Gasteiger partial charge in [0, 0.05) is 7.05 Å². The molecule has 0 aliphatic rings. The Bertz CT molecular complexity index is 553. The fourth-order valence-corrected chi connectivity index (χ4v) is 1.87. The summed E-state index contributed by atoms with van der Waals surface area (Å²) < 4.78 is 0. The van der Waals surface area contributed by atoms with Crippen molar-refractivity contribution in [3.63, 3.8) is 0 Å². The number of aromatic hydroxyl groups is 1. The molecule has 20 heavy (non-hydrogen) atoms. The predicted octanol–water partition coefficient (Wildman–Crippen LogP) is 0.0387. The van der Waals surface area contributed by atoms with Gasteiger partial charge in [-0.05, 0) is 24.1 Å². The Morgan fingerprint density at radius 3 is 2.75 bits per heavy atom. The van der Waals surface area contributed by atoms with E-state index in [1.165, 1.54) is 11.2 Å². The molecule has 4 N–H and O–H groups in total. The number of nitrogens with one attached hydrogen (secondary N) is 1. The van der Waals surface area contributed by atoms with Gasteiger partial charge in [-0.25, -0.2) is 4.98 Å². The summed E-state index contributed by atoms with van der Waals surface area (Å²) in [6.07, 6.45) is 1.81. The minimum atomic E-state index is -0.632. The van der Waals surface area contributed by atoms with E-state index in [1.54, 1.807) is 31.3 Å². The van der Waals surface area contributed by atoms with Crippen LogP contribution in [0.3, 0.4) is 0 Å². The van der Waals surface area contributed by atoms with Crippen LogP contribution in [-0.4, -0.2) is 44.2 Å². The molecule has 0 aliphatic carbocycles. The second-order valence-electron chi connectivity index (χ2n) is 4.60. The molecule has 1 heterocycles. The first-order valence-corrected chi connectivity index (χ1v) is 6.19. The molecule has 1 aromatic carbocycles. The number of aromatic nitrogens is 3. The number of nitrogens with zero attached hydrogens (tertiary/aromatic N) is 3. The van der Waals surface area contributed by atoms with E-state index in [4.69, 9.17) is 5.73 Å². The third kappa shape index (κ3) is 3.55. The van der Waals surface area contributed by atoms with Gasteiger partial charge in [0.1, 0.15) is 17.9 Å². The van der Waals surface area contributed by atoms with Crippen LogP contribution < -0.4 is 5.73 Å². The number of nitrogens with two attached hydrogens (primary N) is 1. The molecule has 7 nitrogen and oxygen atoms in total. The van der Waals surface area contributed by atoms with E-state index in [9.17, 15) is 9.90 Å². The van der Waals surface area contributed by atoms with E-state index in [1.807, 2.05) is 0 Å². The highest BCUT2D eigenvalue weighted by Crippen LogP contribution is 2.11. The first-order chi connectivity index (χ1) is 9.56. The van der Waals surface area contributed by atoms with Gasteiger partial charge in [-0.1, -0.05) is 12.1 Å². The molecular formula is C13H17N5O2. The van der Waals surface area contributed by atoms with Crippen molar-refractivity contribution < 1.29 is 9.90 Å². The number of H-pyrrole nitrogens is 1. The lowest BCUT2D eigenvalue weighted by molar-refractivity contribution is -0.131. The van der Waals surface area contributed by atoms with E-state index >= 15 is 0 Å². The van der Waals surface area contributed by atoms with Crippen molar-refractivity contribution in [3.8, 4) is 5.75 Å². The van der Waals surface area contributed by atoms with Crippen LogP contribution >= 0.6 is 0 Å².